The fraction of sp³-hybridized carbons (Fsp3) is 0.375. The minimum absolute atomic E-state index is 0.0713. The number of hydrogen-bond acceptors (Lipinski definition) is 6. The van der Waals surface area contributed by atoms with Gasteiger partial charge in [-0.05, 0) is 47.9 Å². The molecule has 2 heterocycles. The first-order valence-electron chi connectivity index (χ1n) is 13.9. The molecule has 2 unspecified atom stereocenters. The fourth-order valence-corrected chi connectivity index (χ4v) is 6.06. The molecule has 0 aliphatic carbocycles. The van der Waals surface area contributed by atoms with Gasteiger partial charge in [0, 0.05) is 38.3 Å². The molecule has 41 heavy (non-hydrogen) atoms. The highest BCUT2D eigenvalue weighted by Gasteiger charge is 2.46. The Hall–Kier alpha value is -4.27. The summed E-state index contributed by atoms with van der Waals surface area (Å²) in [6, 6.07) is 17.1. The van der Waals surface area contributed by atoms with Crippen LogP contribution in [-0.2, 0) is 4.79 Å². The van der Waals surface area contributed by atoms with E-state index in [9.17, 15) is 14.0 Å². The summed E-state index contributed by atoms with van der Waals surface area (Å²) < 4.78 is 31.3. The van der Waals surface area contributed by atoms with Gasteiger partial charge in [0.1, 0.15) is 5.82 Å². The summed E-state index contributed by atoms with van der Waals surface area (Å²) in [5.74, 6) is 0.231. The standard InChI is InChI=1S/C32H36FN3O5/c1-5-14-36-29(21-19-26(39-2)30(41-4)27(20-21)40-3)28(22-10-6-7-11-23(22)31(36)37)32(38)35-17-15-34(16-18-35)25-13-9-8-12-24(25)33/h6-13,19-20,28-29H,5,14-18H2,1-4H3. The molecule has 2 aliphatic rings. The molecule has 0 N–H and O–H groups in total. The van der Waals surface area contributed by atoms with E-state index in [2.05, 4.69) is 0 Å². The van der Waals surface area contributed by atoms with Crippen LogP contribution in [0.3, 0.4) is 0 Å². The Bertz CT molecular complexity index is 1400. The molecular formula is C32H36FN3O5. The molecule has 9 heteroatoms. The van der Waals surface area contributed by atoms with Gasteiger partial charge < -0.3 is 28.9 Å². The van der Waals surface area contributed by atoms with Gasteiger partial charge in [-0.15, -0.1) is 0 Å². The SMILES string of the molecule is CCCN1C(=O)c2ccccc2C(C(=O)N2CCN(c3ccccc3F)CC2)C1c1cc(OC)c(OC)c(OC)c1. The largest absolute Gasteiger partial charge is 0.493 e. The molecule has 2 amide bonds. The first-order valence-corrected chi connectivity index (χ1v) is 13.9. The zero-order valence-electron chi connectivity index (χ0n) is 23.9. The molecule has 2 atom stereocenters. The lowest BCUT2D eigenvalue weighted by Crippen LogP contribution is -2.53. The smallest absolute Gasteiger partial charge is 0.254 e. The van der Waals surface area contributed by atoms with Gasteiger partial charge in [-0.25, -0.2) is 4.39 Å². The first-order chi connectivity index (χ1) is 19.9. The zero-order valence-corrected chi connectivity index (χ0v) is 23.9. The number of hydrogen-bond donors (Lipinski definition) is 0. The summed E-state index contributed by atoms with van der Waals surface area (Å²) >= 11 is 0. The molecule has 216 valence electrons. The van der Waals surface area contributed by atoms with Gasteiger partial charge in [-0.1, -0.05) is 37.3 Å². The van der Waals surface area contributed by atoms with E-state index in [0.717, 1.165) is 12.0 Å². The lowest BCUT2D eigenvalue weighted by atomic mass is 9.78. The second kappa shape index (κ2) is 12.1. The number of nitrogens with zero attached hydrogens (tertiary/aromatic N) is 3. The number of ether oxygens (including phenoxy) is 3. The highest BCUT2D eigenvalue weighted by molar-refractivity contribution is 6.01. The van der Waals surface area contributed by atoms with Gasteiger partial charge >= 0.3 is 0 Å². The van der Waals surface area contributed by atoms with Gasteiger partial charge in [0.2, 0.25) is 11.7 Å². The van der Waals surface area contributed by atoms with Crippen LogP contribution >= 0.6 is 0 Å². The molecule has 0 bridgehead atoms. The predicted octanol–water partition coefficient (Wildman–Crippen LogP) is 4.89. The molecule has 0 aromatic heterocycles. The lowest BCUT2D eigenvalue weighted by Gasteiger charge is -2.45. The maximum atomic E-state index is 14.5. The van der Waals surface area contributed by atoms with E-state index in [0.29, 0.717) is 66.8 Å². The number of amides is 2. The van der Waals surface area contributed by atoms with Crippen molar-refractivity contribution in [1.29, 1.82) is 0 Å². The van der Waals surface area contributed by atoms with Crippen LogP contribution in [0.2, 0.25) is 0 Å². The van der Waals surface area contributed by atoms with E-state index >= 15 is 0 Å². The minimum atomic E-state index is -0.654. The molecule has 1 fully saturated rings. The van der Waals surface area contributed by atoms with Gasteiger partial charge in [0.05, 0.1) is 39.0 Å². The average molecular weight is 562 g/mol. The topological polar surface area (TPSA) is 71.6 Å². The number of carbonyl (C=O) groups excluding carboxylic acids is 2. The van der Waals surface area contributed by atoms with Crippen molar-refractivity contribution >= 4 is 17.5 Å². The Morgan fingerprint density at radius 1 is 0.902 bits per heavy atom. The molecule has 2 aliphatic heterocycles. The molecule has 0 saturated carbocycles. The number of anilines is 1. The summed E-state index contributed by atoms with van der Waals surface area (Å²) in [5, 5.41) is 0. The molecule has 1 saturated heterocycles. The van der Waals surface area contributed by atoms with Crippen molar-refractivity contribution in [2.24, 2.45) is 0 Å². The highest BCUT2D eigenvalue weighted by Crippen LogP contribution is 2.48. The quantitative estimate of drug-likeness (QED) is 0.390. The molecule has 0 spiro atoms. The molecule has 0 radical (unpaired) electrons. The summed E-state index contributed by atoms with van der Waals surface area (Å²) in [6.07, 6.45) is 0.719. The maximum absolute atomic E-state index is 14.5. The van der Waals surface area contributed by atoms with Gasteiger partial charge in [-0.2, -0.15) is 0 Å². The summed E-state index contributed by atoms with van der Waals surface area (Å²) in [5.41, 5.74) is 2.50. The summed E-state index contributed by atoms with van der Waals surface area (Å²) in [6.45, 7) is 4.38. The number of benzene rings is 3. The van der Waals surface area contributed by atoms with E-state index in [1.54, 1.807) is 37.3 Å². The third-order valence-electron chi connectivity index (χ3n) is 7.98. The van der Waals surface area contributed by atoms with Crippen molar-refractivity contribution < 1.29 is 28.2 Å². The van der Waals surface area contributed by atoms with Gasteiger partial charge in [0.25, 0.3) is 5.91 Å². The predicted molar refractivity (Wildman–Crippen MR) is 155 cm³/mol. The molecule has 5 rings (SSSR count). The van der Waals surface area contributed by atoms with Crippen LogP contribution in [0.4, 0.5) is 10.1 Å². The van der Waals surface area contributed by atoms with Crippen LogP contribution in [0.1, 0.15) is 46.8 Å². The Morgan fingerprint density at radius 3 is 2.15 bits per heavy atom. The second-order valence-corrected chi connectivity index (χ2v) is 10.2. The first kappa shape index (κ1) is 28.3. The monoisotopic (exact) mass is 561 g/mol. The van der Waals surface area contributed by atoms with Gasteiger partial charge in [0.15, 0.2) is 11.5 Å². The minimum Gasteiger partial charge on any atom is -0.493 e. The molecule has 8 nitrogen and oxygen atoms in total. The van der Waals surface area contributed by atoms with E-state index in [4.69, 9.17) is 14.2 Å². The average Bonchev–Trinajstić information content (AvgIpc) is 3.01. The molecular weight excluding hydrogens is 525 g/mol. The number of carbonyl (C=O) groups is 2. The number of methoxy groups -OCH3 is 3. The third kappa shape index (κ3) is 5.16. The normalized spacial score (nSPS) is 18.7. The van der Waals surface area contributed by atoms with E-state index in [-0.39, 0.29) is 17.6 Å². The molecule has 3 aromatic carbocycles. The van der Waals surface area contributed by atoms with Crippen LogP contribution in [0.25, 0.3) is 0 Å². The van der Waals surface area contributed by atoms with Crippen molar-refractivity contribution in [3.8, 4) is 17.2 Å². The van der Waals surface area contributed by atoms with Crippen molar-refractivity contribution in [3.63, 3.8) is 0 Å². The maximum Gasteiger partial charge on any atom is 0.254 e. The Balaban J connectivity index is 1.57. The van der Waals surface area contributed by atoms with Crippen molar-refractivity contribution in [1.82, 2.24) is 9.80 Å². The van der Waals surface area contributed by atoms with Crippen LogP contribution in [0, 0.1) is 5.82 Å². The van der Waals surface area contributed by atoms with Crippen molar-refractivity contribution in [2.75, 3.05) is 59.0 Å². The second-order valence-electron chi connectivity index (χ2n) is 10.2. The Kier molecular flexibility index (Phi) is 8.33. The number of para-hydroxylation sites is 1. The van der Waals surface area contributed by atoms with Crippen LogP contribution in [0.15, 0.2) is 60.7 Å². The van der Waals surface area contributed by atoms with E-state index in [1.807, 2.05) is 53.1 Å². The van der Waals surface area contributed by atoms with E-state index < -0.39 is 12.0 Å². The zero-order chi connectivity index (χ0) is 29.1. The van der Waals surface area contributed by atoms with Crippen molar-refractivity contribution in [3.05, 3.63) is 83.2 Å². The lowest BCUT2D eigenvalue weighted by molar-refractivity contribution is -0.135. The van der Waals surface area contributed by atoms with Crippen LogP contribution in [0.5, 0.6) is 17.2 Å². The van der Waals surface area contributed by atoms with Crippen molar-refractivity contribution in [2.45, 2.75) is 25.3 Å². The summed E-state index contributed by atoms with van der Waals surface area (Å²) in [7, 11) is 4.63. The number of fused-ring (bicyclic) bond motifs is 1. The molecule has 3 aromatic rings. The van der Waals surface area contributed by atoms with E-state index in [1.165, 1.54) is 13.2 Å². The van der Waals surface area contributed by atoms with Crippen LogP contribution in [-0.4, -0.2) is 75.7 Å². The van der Waals surface area contributed by atoms with Gasteiger partial charge in [-0.3, -0.25) is 9.59 Å². The van der Waals surface area contributed by atoms with Crippen LogP contribution < -0.4 is 19.1 Å². The number of halogens is 1. The third-order valence-corrected chi connectivity index (χ3v) is 7.98. The Labute approximate surface area is 240 Å². The Morgan fingerprint density at radius 2 is 1.54 bits per heavy atom. The summed E-state index contributed by atoms with van der Waals surface area (Å²) in [4.78, 5) is 34.0. The number of piperazine rings is 1. The fourth-order valence-electron chi connectivity index (χ4n) is 6.06. The highest BCUT2D eigenvalue weighted by atomic mass is 19.1. The number of rotatable bonds is 8.